The summed E-state index contributed by atoms with van der Waals surface area (Å²) in [5.41, 5.74) is 5.22. The van der Waals surface area contributed by atoms with E-state index in [2.05, 4.69) is 10.6 Å². The molecule has 0 aromatic rings. The van der Waals surface area contributed by atoms with Crippen molar-refractivity contribution in [3.05, 3.63) is 0 Å². The Bertz CT molecular complexity index is 440. The molecule has 0 aromatic carbocycles. The van der Waals surface area contributed by atoms with E-state index < -0.39 is 36.1 Å². The molecular formula is C13H24N4O6. The standard InChI is InChI=1S/C13H24N4O6/c1-7(2)6-9(10(14)18)16-11(19)8(17-13(22)23)4-3-5-15-12(20)21/h7-9,15,17H,3-6H2,1-2H3,(H2,14,18)(H,16,19)(H,20,21)(H,22,23)/t8-,9-/m0/s1. The molecule has 2 atom stereocenters. The molecule has 10 heteroatoms. The van der Waals surface area contributed by atoms with E-state index in [0.717, 1.165) is 0 Å². The van der Waals surface area contributed by atoms with Crippen LogP contribution in [0.3, 0.4) is 0 Å². The zero-order valence-electron chi connectivity index (χ0n) is 13.2. The van der Waals surface area contributed by atoms with E-state index in [1.54, 1.807) is 0 Å². The van der Waals surface area contributed by atoms with Crippen molar-refractivity contribution in [1.82, 2.24) is 16.0 Å². The van der Waals surface area contributed by atoms with Crippen LogP contribution < -0.4 is 21.7 Å². The summed E-state index contributed by atoms with van der Waals surface area (Å²) < 4.78 is 0. The van der Waals surface area contributed by atoms with Crippen LogP contribution in [0.5, 0.6) is 0 Å². The normalized spacial score (nSPS) is 13.0. The van der Waals surface area contributed by atoms with Gasteiger partial charge in [0.1, 0.15) is 12.1 Å². The lowest BCUT2D eigenvalue weighted by molar-refractivity contribution is -0.129. The summed E-state index contributed by atoms with van der Waals surface area (Å²) in [7, 11) is 0. The number of carbonyl (C=O) groups excluding carboxylic acids is 2. The molecule has 0 aliphatic heterocycles. The number of hydrogen-bond donors (Lipinski definition) is 6. The first-order chi connectivity index (χ1) is 10.6. The second-order valence-electron chi connectivity index (χ2n) is 5.47. The van der Waals surface area contributed by atoms with E-state index in [0.29, 0.717) is 6.42 Å². The average molecular weight is 332 g/mol. The molecule has 23 heavy (non-hydrogen) atoms. The van der Waals surface area contributed by atoms with Crippen molar-refractivity contribution in [3.8, 4) is 0 Å². The predicted molar refractivity (Wildman–Crippen MR) is 80.8 cm³/mol. The van der Waals surface area contributed by atoms with Crippen LogP contribution >= 0.6 is 0 Å². The smallest absolute Gasteiger partial charge is 0.405 e. The zero-order chi connectivity index (χ0) is 18.0. The molecule has 132 valence electrons. The van der Waals surface area contributed by atoms with Crippen molar-refractivity contribution in [2.24, 2.45) is 11.7 Å². The summed E-state index contributed by atoms with van der Waals surface area (Å²) >= 11 is 0. The van der Waals surface area contributed by atoms with Crippen molar-refractivity contribution in [2.75, 3.05) is 6.54 Å². The van der Waals surface area contributed by atoms with Gasteiger partial charge in [-0.3, -0.25) is 9.59 Å². The summed E-state index contributed by atoms with van der Waals surface area (Å²) in [6, 6.07) is -1.99. The monoisotopic (exact) mass is 332 g/mol. The number of primary amides is 1. The summed E-state index contributed by atoms with van der Waals surface area (Å²) in [4.78, 5) is 44.6. The van der Waals surface area contributed by atoms with Crippen LogP contribution in [0.2, 0.25) is 0 Å². The van der Waals surface area contributed by atoms with E-state index >= 15 is 0 Å². The third-order valence-corrected chi connectivity index (χ3v) is 2.93. The maximum atomic E-state index is 12.1. The second kappa shape index (κ2) is 10.2. The highest BCUT2D eigenvalue weighted by Crippen LogP contribution is 2.06. The molecule has 0 saturated heterocycles. The van der Waals surface area contributed by atoms with Crippen LogP contribution in [0.1, 0.15) is 33.1 Å². The lowest BCUT2D eigenvalue weighted by atomic mass is 10.0. The molecule has 0 aromatic heterocycles. The van der Waals surface area contributed by atoms with E-state index in [9.17, 15) is 19.2 Å². The molecule has 0 radical (unpaired) electrons. The minimum absolute atomic E-state index is 0.0750. The second-order valence-corrected chi connectivity index (χ2v) is 5.47. The summed E-state index contributed by atoms with van der Waals surface area (Å²) in [5.74, 6) is -1.26. The Balaban J connectivity index is 4.67. The third kappa shape index (κ3) is 9.93. The van der Waals surface area contributed by atoms with E-state index in [4.69, 9.17) is 15.9 Å². The minimum Gasteiger partial charge on any atom is -0.465 e. The molecule has 0 heterocycles. The van der Waals surface area contributed by atoms with Gasteiger partial charge in [-0.2, -0.15) is 0 Å². The van der Waals surface area contributed by atoms with Crippen LogP contribution in [0.4, 0.5) is 9.59 Å². The van der Waals surface area contributed by atoms with Gasteiger partial charge in [0.05, 0.1) is 0 Å². The number of nitrogens with one attached hydrogen (secondary N) is 3. The van der Waals surface area contributed by atoms with Crippen molar-refractivity contribution in [2.45, 2.75) is 45.2 Å². The summed E-state index contributed by atoms with van der Waals surface area (Å²) in [6.07, 6.45) is -1.94. The van der Waals surface area contributed by atoms with Crippen LogP contribution in [-0.4, -0.2) is 52.8 Å². The first-order valence-electron chi connectivity index (χ1n) is 7.19. The molecule has 0 fully saturated rings. The van der Waals surface area contributed by atoms with Gasteiger partial charge in [0.25, 0.3) is 0 Å². The van der Waals surface area contributed by atoms with Crippen LogP contribution in [-0.2, 0) is 9.59 Å². The molecule has 10 nitrogen and oxygen atoms in total. The number of nitrogens with two attached hydrogens (primary N) is 1. The topological polar surface area (TPSA) is 171 Å². The van der Waals surface area contributed by atoms with Gasteiger partial charge in [-0.25, -0.2) is 9.59 Å². The quantitative estimate of drug-likeness (QED) is 0.299. The van der Waals surface area contributed by atoms with Crippen molar-refractivity contribution >= 4 is 24.0 Å². The highest BCUT2D eigenvalue weighted by molar-refractivity contribution is 5.90. The lowest BCUT2D eigenvalue weighted by Gasteiger charge is -2.22. The minimum atomic E-state index is -1.39. The Morgan fingerprint density at radius 1 is 1.00 bits per heavy atom. The molecule has 0 rings (SSSR count). The number of rotatable bonds is 10. The fourth-order valence-corrected chi connectivity index (χ4v) is 1.91. The number of hydrogen-bond acceptors (Lipinski definition) is 4. The molecule has 7 N–H and O–H groups in total. The third-order valence-electron chi connectivity index (χ3n) is 2.93. The molecule has 0 bridgehead atoms. The molecule has 0 unspecified atom stereocenters. The molecule has 0 aliphatic rings. The van der Waals surface area contributed by atoms with Gasteiger partial charge < -0.3 is 31.9 Å². The Labute approximate surface area is 133 Å². The fourth-order valence-electron chi connectivity index (χ4n) is 1.91. The first kappa shape index (κ1) is 20.5. The van der Waals surface area contributed by atoms with Crippen LogP contribution in [0.25, 0.3) is 0 Å². The Kier molecular flexibility index (Phi) is 9.12. The lowest BCUT2D eigenvalue weighted by Crippen LogP contribution is -2.53. The summed E-state index contributed by atoms with van der Waals surface area (Å²) in [6.45, 7) is 3.78. The highest BCUT2D eigenvalue weighted by Gasteiger charge is 2.25. The van der Waals surface area contributed by atoms with E-state index in [1.165, 1.54) is 0 Å². The van der Waals surface area contributed by atoms with Gasteiger partial charge in [-0.1, -0.05) is 13.8 Å². The van der Waals surface area contributed by atoms with E-state index in [1.807, 2.05) is 19.2 Å². The zero-order valence-corrected chi connectivity index (χ0v) is 13.2. The Morgan fingerprint density at radius 2 is 1.61 bits per heavy atom. The summed E-state index contributed by atoms with van der Waals surface area (Å²) in [5, 5.41) is 23.8. The van der Waals surface area contributed by atoms with Gasteiger partial charge in [0, 0.05) is 6.54 Å². The van der Waals surface area contributed by atoms with Gasteiger partial charge in [-0.05, 0) is 25.2 Å². The molecular weight excluding hydrogens is 308 g/mol. The highest BCUT2D eigenvalue weighted by atomic mass is 16.4. The van der Waals surface area contributed by atoms with Crippen molar-refractivity contribution in [3.63, 3.8) is 0 Å². The van der Waals surface area contributed by atoms with Crippen LogP contribution in [0.15, 0.2) is 0 Å². The number of amides is 4. The van der Waals surface area contributed by atoms with Crippen molar-refractivity contribution in [1.29, 1.82) is 0 Å². The number of carbonyl (C=O) groups is 4. The predicted octanol–water partition coefficient (Wildman–Crippen LogP) is -0.313. The Morgan fingerprint density at radius 3 is 2.04 bits per heavy atom. The molecule has 0 aliphatic carbocycles. The largest absolute Gasteiger partial charge is 0.465 e. The SMILES string of the molecule is CC(C)C[C@H](NC(=O)[C@H](CCCNC(=O)O)NC(=O)O)C(N)=O. The van der Waals surface area contributed by atoms with Gasteiger partial charge in [0.2, 0.25) is 11.8 Å². The van der Waals surface area contributed by atoms with Crippen molar-refractivity contribution < 1.29 is 29.4 Å². The molecule has 0 spiro atoms. The maximum absolute atomic E-state index is 12.1. The van der Waals surface area contributed by atoms with Crippen LogP contribution in [0, 0.1) is 5.92 Å². The maximum Gasteiger partial charge on any atom is 0.405 e. The first-order valence-corrected chi connectivity index (χ1v) is 7.19. The van der Waals surface area contributed by atoms with Gasteiger partial charge in [-0.15, -0.1) is 0 Å². The van der Waals surface area contributed by atoms with E-state index in [-0.39, 0.29) is 25.3 Å². The van der Waals surface area contributed by atoms with Gasteiger partial charge in [0.15, 0.2) is 0 Å². The molecule has 0 saturated carbocycles. The van der Waals surface area contributed by atoms with Gasteiger partial charge >= 0.3 is 12.2 Å². The average Bonchev–Trinajstić information content (AvgIpc) is 2.39. The molecule has 4 amide bonds. The number of carboxylic acid groups (broad SMARTS) is 2. The fraction of sp³-hybridized carbons (Fsp3) is 0.692. The Hall–Kier alpha value is -2.52.